The third-order valence-electron chi connectivity index (χ3n) is 3.15. The van der Waals surface area contributed by atoms with Crippen LogP contribution in [0.3, 0.4) is 0 Å². The monoisotopic (exact) mass is 323 g/mol. The molecule has 0 aliphatic heterocycles. The molecular formula is C12H13N5S3. The van der Waals surface area contributed by atoms with Gasteiger partial charge in [0.15, 0.2) is 9.30 Å². The summed E-state index contributed by atoms with van der Waals surface area (Å²) in [5, 5.41) is 6.69. The average Bonchev–Trinajstić information content (AvgIpc) is 2.83. The van der Waals surface area contributed by atoms with Gasteiger partial charge in [-0.3, -0.25) is 4.40 Å². The summed E-state index contributed by atoms with van der Waals surface area (Å²) < 4.78 is 7.37. The lowest BCUT2D eigenvalue weighted by Crippen LogP contribution is -2.16. The topological polar surface area (TPSA) is 55.1 Å². The molecular weight excluding hydrogens is 310 g/mol. The molecule has 3 aromatic rings. The standard InChI is InChI=1S/C12H13N5S3/c1-7-14-12(20-16-7)19-10-9(6-13-8-2-3-8)17-4-5-18-11(17)15-10/h4-5,8,13H,2-3,6H2,1H3. The Hall–Kier alpha value is -0.960. The molecule has 4 rings (SSSR count). The average molecular weight is 323 g/mol. The quantitative estimate of drug-likeness (QED) is 0.782. The van der Waals surface area contributed by atoms with E-state index in [0.717, 1.165) is 26.7 Å². The number of fused-ring (bicyclic) bond motifs is 1. The molecule has 104 valence electrons. The third-order valence-corrected chi connectivity index (χ3v) is 5.77. The highest BCUT2D eigenvalue weighted by Crippen LogP contribution is 2.33. The van der Waals surface area contributed by atoms with Crippen LogP contribution < -0.4 is 5.32 Å². The lowest BCUT2D eigenvalue weighted by atomic mass is 10.4. The van der Waals surface area contributed by atoms with Crippen LogP contribution in [0.2, 0.25) is 0 Å². The molecule has 5 nitrogen and oxygen atoms in total. The van der Waals surface area contributed by atoms with E-state index in [9.17, 15) is 0 Å². The first-order valence-electron chi connectivity index (χ1n) is 6.45. The van der Waals surface area contributed by atoms with Crippen LogP contribution in [0.5, 0.6) is 0 Å². The summed E-state index contributed by atoms with van der Waals surface area (Å²) in [6, 6.07) is 0.695. The molecule has 0 saturated heterocycles. The van der Waals surface area contributed by atoms with Crippen molar-refractivity contribution in [1.82, 2.24) is 24.1 Å². The van der Waals surface area contributed by atoms with Gasteiger partial charge in [0.25, 0.3) is 0 Å². The van der Waals surface area contributed by atoms with Crippen LogP contribution >= 0.6 is 34.6 Å². The largest absolute Gasteiger partial charge is 0.308 e. The molecule has 3 heterocycles. The van der Waals surface area contributed by atoms with Crippen molar-refractivity contribution in [2.24, 2.45) is 0 Å². The van der Waals surface area contributed by atoms with Gasteiger partial charge in [0.05, 0.1) is 5.69 Å². The third kappa shape index (κ3) is 2.48. The van der Waals surface area contributed by atoms with Crippen molar-refractivity contribution in [1.29, 1.82) is 0 Å². The van der Waals surface area contributed by atoms with Gasteiger partial charge >= 0.3 is 0 Å². The van der Waals surface area contributed by atoms with Crippen molar-refractivity contribution >= 4 is 39.6 Å². The molecule has 1 fully saturated rings. The van der Waals surface area contributed by atoms with Gasteiger partial charge in [0.2, 0.25) is 0 Å². The van der Waals surface area contributed by atoms with Crippen LogP contribution in [0.25, 0.3) is 4.96 Å². The molecule has 1 aliphatic rings. The number of aromatic nitrogens is 4. The van der Waals surface area contributed by atoms with E-state index in [1.165, 1.54) is 30.1 Å². The van der Waals surface area contributed by atoms with Crippen LogP contribution in [0.15, 0.2) is 20.9 Å². The van der Waals surface area contributed by atoms with Gasteiger partial charge in [-0.25, -0.2) is 9.97 Å². The maximum absolute atomic E-state index is 4.72. The van der Waals surface area contributed by atoms with E-state index < -0.39 is 0 Å². The van der Waals surface area contributed by atoms with Gasteiger partial charge in [-0.1, -0.05) is 0 Å². The zero-order valence-electron chi connectivity index (χ0n) is 10.9. The van der Waals surface area contributed by atoms with E-state index in [2.05, 4.69) is 30.7 Å². The highest BCUT2D eigenvalue weighted by Gasteiger charge is 2.22. The Labute approximate surface area is 128 Å². The fourth-order valence-electron chi connectivity index (χ4n) is 1.99. The van der Waals surface area contributed by atoms with E-state index in [0.29, 0.717) is 6.04 Å². The number of imidazole rings is 1. The van der Waals surface area contributed by atoms with E-state index in [4.69, 9.17) is 4.98 Å². The number of nitrogens with one attached hydrogen (secondary N) is 1. The molecule has 0 bridgehead atoms. The van der Waals surface area contributed by atoms with Gasteiger partial charge in [0.1, 0.15) is 10.9 Å². The SMILES string of the molecule is Cc1nsc(Sc2nc3sccn3c2CNC2CC2)n1. The Morgan fingerprint density at radius 2 is 2.35 bits per heavy atom. The van der Waals surface area contributed by atoms with Crippen LogP contribution in [0.4, 0.5) is 0 Å². The van der Waals surface area contributed by atoms with Crippen molar-refractivity contribution < 1.29 is 0 Å². The molecule has 8 heteroatoms. The van der Waals surface area contributed by atoms with Crippen molar-refractivity contribution in [3.63, 3.8) is 0 Å². The summed E-state index contributed by atoms with van der Waals surface area (Å²) in [5.74, 6) is 0.830. The number of hydrogen-bond donors (Lipinski definition) is 1. The second-order valence-corrected chi connectivity index (χ2v) is 7.64. The summed E-state index contributed by atoms with van der Waals surface area (Å²) in [5.41, 5.74) is 1.23. The summed E-state index contributed by atoms with van der Waals surface area (Å²) in [6.07, 6.45) is 4.68. The first-order chi connectivity index (χ1) is 9.79. The summed E-state index contributed by atoms with van der Waals surface area (Å²) >= 11 is 4.72. The molecule has 1 aliphatic carbocycles. The van der Waals surface area contributed by atoms with Gasteiger partial charge < -0.3 is 5.32 Å². The first-order valence-corrected chi connectivity index (χ1v) is 8.92. The number of rotatable bonds is 5. The summed E-state index contributed by atoms with van der Waals surface area (Å²) in [4.78, 5) is 10.2. The Morgan fingerprint density at radius 3 is 3.10 bits per heavy atom. The minimum atomic E-state index is 0.695. The molecule has 0 unspecified atom stereocenters. The molecule has 0 spiro atoms. The Kier molecular flexibility index (Phi) is 3.25. The van der Waals surface area contributed by atoms with Gasteiger partial charge in [-0.15, -0.1) is 11.3 Å². The van der Waals surface area contributed by atoms with Crippen molar-refractivity contribution in [3.8, 4) is 0 Å². The fraction of sp³-hybridized carbons (Fsp3) is 0.417. The van der Waals surface area contributed by atoms with E-state index in [1.807, 2.05) is 6.92 Å². The van der Waals surface area contributed by atoms with E-state index in [1.54, 1.807) is 23.1 Å². The molecule has 0 amide bonds. The molecule has 0 radical (unpaired) electrons. The maximum Gasteiger partial charge on any atom is 0.194 e. The van der Waals surface area contributed by atoms with Crippen LogP contribution in [0.1, 0.15) is 24.4 Å². The van der Waals surface area contributed by atoms with Crippen LogP contribution in [-0.4, -0.2) is 24.8 Å². The number of nitrogens with zero attached hydrogens (tertiary/aromatic N) is 4. The summed E-state index contributed by atoms with van der Waals surface area (Å²) in [7, 11) is 0. The van der Waals surface area contributed by atoms with Crippen molar-refractivity contribution in [2.45, 2.75) is 41.7 Å². The first kappa shape index (κ1) is 12.8. The number of hydrogen-bond acceptors (Lipinski definition) is 7. The van der Waals surface area contributed by atoms with Crippen LogP contribution in [0, 0.1) is 6.92 Å². The highest BCUT2D eigenvalue weighted by molar-refractivity contribution is 8.00. The lowest BCUT2D eigenvalue weighted by molar-refractivity contribution is 0.661. The number of thiazole rings is 1. The Balaban J connectivity index is 1.65. The summed E-state index contributed by atoms with van der Waals surface area (Å²) in [6.45, 7) is 2.78. The minimum Gasteiger partial charge on any atom is -0.308 e. The molecule has 1 saturated carbocycles. The fourth-order valence-corrected chi connectivity index (χ4v) is 4.46. The Bertz CT molecular complexity index is 739. The molecule has 3 aromatic heterocycles. The maximum atomic E-state index is 4.72. The predicted octanol–water partition coefficient (Wildman–Crippen LogP) is 2.96. The van der Waals surface area contributed by atoms with Gasteiger partial charge in [-0.05, 0) is 43.1 Å². The smallest absolute Gasteiger partial charge is 0.194 e. The molecule has 1 N–H and O–H groups in total. The van der Waals surface area contributed by atoms with Crippen molar-refractivity contribution in [3.05, 3.63) is 23.1 Å². The van der Waals surface area contributed by atoms with E-state index >= 15 is 0 Å². The molecule has 0 aromatic carbocycles. The number of aryl methyl sites for hydroxylation is 1. The highest BCUT2D eigenvalue weighted by atomic mass is 32.2. The minimum absolute atomic E-state index is 0.695. The van der Waals surface area contributed by atoms with E-state index in [-0.39, 0.29) is 0 Å². The van der Waals surface area contributed by atoms with Crippen molar-refractivity contribution in [2.75, 3.05) is 0 Å². The molecule has 20 heavy (non-hydrogen) atoms. The molecule has 0 atom stereocenters. The van der Waals surface area contributed by atoms with Gasteiger partial charge in [0, 0.05) is 24.2 Å². The predicted molar refractivity (Wildman–Crippen MR) is 81.7 cm³/mol. The second-order valence-electron chi connectivity index (χ2n) is 4.78. The normalized spacial score (nSPS) is 15.2. The zero-order chi connectivity index (χ0) is 13.5. The van der Waals surface area contributed by atoms with Gasteiger partial charge in [-0.2, -0.15) is 4.37 Å². The second kappa shape index (κ2) is 5.10. The zero-order valence-corrected chi connectivity index (χ0v) is 13.3. The Morgan fingerprint density at radius 1 is 1.45 bits per heavy atom. The van der Waals surface area contributed by atoms with Crippen LogP contribution in [-0.2, 0) is 6.54 Å². The lowest BCUT2D eigenvalue weighted by Gasteiger charge is -2.03.